The third-order valence-electron chi connectivity index (χ3n) is 4.43. The summed E-state index contributed by atoms with van der Waals surface area (Å²) in [5, 5.41) is 23.5. The second-order valence-electron chi connectivity index (χ2n) is 6.30. The molecule has 0 saturated heterocycles. The molecule has 3 rings (SSSR count). The minimum atomic E-state index is -1.09. The highest BCUT2D eigenvalue weighted by Gasteiger charge is 2.39. The molecule has 1 aliphatic carbocycles. The Morgan fingerprint density at radius 1 is 1.12 bits per heavy atom. The molecule has 6 heteroatoms. The first-order chi connectivity index (χ1) is 12.0. The Hall–Kier alpha value is -2.44. The number of aliphatic hydroxyl groups excluding tert-OH is 2. The number of aryl methyl sites for hydroxylation is 1. The molecule has 0 bridgehead atoms. The molecule has 1 saturated carbocycles. The van der Waals surface area contributed by atoms with Gasteiger partial charge < -0.3 is 20.3 Å². The number of carbonyl (C=O) groups excluding carboxylic acids is 1. The Balaban J connectivity index is 1.60. The molecule has 1 aromatic carbocycles. The highest BCUT2D eigenvalue weighted by molar-refractivity contribution is 5.94. The fraction of sp³-hybridized carbons (Fsp3) is 0.368. The highest BCUT2D eigenvalue weighted by atomic mass is 16.5. The first-order valence-electron chi connectivity index (χ1n) is 8.36. The van der Waals surface area contributed by atoms with Gasteiger partial charge in [-0.25, -0.2) is 0 Å². The predicted molar refractivity (Wildman–Crippen MR) is 92.3 cm³/mol. The van der Waals surface area contributed by atoms with E-state index in [4.69, 9.17) is 4.74 Å². The standard InChI is InChI=1S/C19H22N2O4/c1-12-7-8-13(11-20-12)19(24)21-15-9-10-16(18(23)17(15)22)25-14-5-3-2-4-6-14/h2-8,11,15-18,22-23H,9-10H2,1H3,(H,21,24)/t15-,16-,17-,18-/m1/s1. The number of hydrogen-bond donors (Lipinski definition) is 3. The van der Waals surface area contributed by atoms with E-state index in [9.17, 15) is 15.0 Å². The third-order valence-corrected chi connectivity index (χ3v) is 4.43. The van der Waals surface area contributed by atoms with Gasteiger partial charge in [0.1, 0.15) is 24.1 Å². The maximum absolute atomic E-state index is 12.3. The first kappa shape index (κ1) is 17.4. The molecule has 0 aliphatic heterocycles. The topological polar surface area (TPSA) is 91.7 Å². The predicted octanol–water partition coefficient (Wildman–Crippen LogP) is 1.45. The maximum atomic E-state index is 12.3. The second kappa shape index (κ2) is 7.63. The summed E-state index contributed by atoms with van der Waals surface area (Å²) in [6, 6.07) is 12.1. The van der Waals surface area contributed by atoms with E-state index in [1.807, 2.05) is 25.1 Å². The minimum absolute atomic E-state index is 0.314. The van der Waals surface area contributed by atoms with Crippen LogP contribution in [0.15, 0.2) is 48.7 Å². The largest absolute Gasteiger partial charge is 0.488 e. The van der Waals surface area contributed by atoms with E-state index in [2.05, 4.69) is 10.3 Å². The van der Waals surface area contributed by atoms with E-state index in [-0.39, 0.29) is 5.91 Å². The molecule has 1 aliphatic rings. The molecule has 1 fully saturated rings. The van der Waals surface area contributed by atoms with E-state index in [0.717, 1.165) is 5.69 Å². The van der Waals surface area contributed by atoms with Crippen molar-refractivity contribution in [1.82, 2.24) is 10.3 Å². The molecule has 1 aromatic heterocycles. The molecule has 0 unspecified atom stereocenters. The van der Waals surface area contributed by atoms with Crippen molar-refractivity contribution >= 4 is 5.91 Å². The number of para-hydroxylation sites is 1. The van der Waals surface area contributed by atoms with E-state index in [1.54, 1.807) is 24.3 Å². The van der Waals surface area contributed by atoms with E-state index in [0.29, 0.717) is 24.2 Å². The van der Waals surface area contributed by atoms with Crippen LogP contribution in [-0.2, 0) is 0 Å². The van der Waals surface area contributed by atoms with Crippen molar-refractivity contribution in [3.05, 3.63) is 59.9 Å². The number of hydrogen-bond acceptors (Lipinski definition) is 5. The summed E-state index contributed by atoms with van der Waals surface area (Å²) in [6.07, 6.45) is -0.130. The Labute approximate surface area is 146 Å². The number of benzene rings is 1. The van der Waals surface area contributed by atoms with Gasteiger partial charge in [0.2, 0.25) is 0 Å². The smallest absolute Gasteiger partial charge is 0.253 e. The number of carbonyl (C=O) groups is 1. The van der Waals surface area contributed by atoms with Crippen LogP contribution in [0.3, 0.4) is 0 Å². The minimum Gasteiger partial charge on any atom is -0.488 e. The van der Waals surface area contributed by atoms with Crippen molar-refractivity contribution in [2.75, 3.05) is 0 Å². The summed E-state index contributed by atoms with van der Waals surface area (Å²) in [5.41, 5.74) is 1.25. The average Bonchev–Trinajstić information content (AvgIpc) is 2.63. The van der Waals surface area contributed by atoms with Crippen LogP contribution in [0.25, 0.3) is 0 Å². The summed E-state index contributed by atoms with van der Waals surface area (Å²) >= 11 is 0. The van der Waals surface area contributed by atoms with Gasteiger partial charge in [0.15, 0.2) is 0 Å². The molecular formula is C19H22N2O4. The molecule has 1 amide bonds. The Bertz CT molecular complexity index is 705. The fourth-order valence-electron chi connectivity index (χ4n) is 2.96. The number of aliphatic hydroxyl groups is 2. The van der Waals surface area contributed by atoms with Crippen LogP contribution in [0.2, 0.25) is 0 Å². The van der Waals surface area contributed by atoms with Crippen LogP contribution in [0, 0.1) is 6.92 Å². The molecule has 1 heterocycles. The lowest BCUT2D eigenvalue weighted by atomic mass is 9.87. The van der Waals surface area contributed by atoms with Gasteiger partial charge in [-0.15, -0.1) is 0 Å². The van der Waals surface area contributed by atoms with Gasteiger partial charge in [0, 0.05) is 11.9 Å². The van der Waals surface area contributed by atoms with Gasteiger partial charge in [-0.05, 0) is 44.0 Å². The molecule has 2 aromatic rings. The van der Waals surface area contributed by atoms with Crippen LogP contribution in [0.4, 0.5) is 0 Å². The monoisotopic (exact) mass is 342 g/mol. The zero-order chi connectivity index (χ0) is 17.8. The van der Waals surface area contributed by atoms with Crippen LogP contribution in [0.5, 0.6) is 5.75 Å². The highest BCUT2D eigenvalue weighted by Crippen LogP contribution is 2.25. The Morgan fingerprint density at radius 2 is 1.88 bits per heavy atom. The van der Waals surface area contributed by atoms with Crippen molar-refractivity contribution in [1.29, 1.82) is 0 Å². The quantitative estimate of drug-likeness (QED) is 0.782. The molecule has 25 heavy (non-hydrogen) atoms. The summed E-state index contributed by atoms with van der Waals surface area (Å²) in [7, 11) is 0. The molecule has 4 atom stereocenters. The average molecular weight is 342 g/mol. The number of amides is 1. The molecule has 132 valence electrons. The van der Waals surface area contributed by atoms with Crippen LogP contribution >= 0.6 is 0 Å². The van der Waals surface area contributed by atoms with Gasteiger partial charge >= 0.3 is 0 Å². The van der Waals surface area contributed by atoms with Crippen LogP contribution in [-0.4, -0.2) is 45.5 Å². The van der Waals surface area contributed by atoms with Crippen molar-refractivity contribution < 1.29 is 19.7 Å². The van der Waals surface area contributed by atoms with E-state index >= 15 is 0 Å². The zero-order valence-electron chi connectivity index (χ0n) is 14.0. The Kier molecular flexibility index (Phi) is 5.31. The molecule has 6 nitrogen and oxygen atoms in total. The first-order valence-corrected chi connectivity index (χ1v) is 8.36. The lowest BCUT2D eigenvalue weighted by Gasteiger charge is -2.37. The van der Waals surface area contributed by atoms with Crippen LogP contribution in [0.1, 0.15) is 28.9 Å². The van der Waals surface area contributed by atoms with Gasteiger partial charge in [-0.1, -0.05) is 18.2 Å². The second-order valence-corrected chi connectivity index (χ2v) is 6.30. The molecular weight excluding hydrogens is 320 g/mol. The lowest BCUT2D eigenvalue weighted by Crippen LogP contribution is -2.57. The summed E-state index contributed by atoms with van der Waals surface area (Å²) in [6.45, 7) is 1.84. The molecule has 0 spiro atoms. The maximum Gasteiger partial charge on any atom is 0.253 e. The van der Waals surface area contributed by atoms with Gasteiger partial charge in [-0.2, -0.15) is 0 Å². The van der Waals surface area contributed by atoms with E-state index in [1.165, 1.54) is 6.20 Å². The van der Waals surface area contributed by atoms with Crippen molar-refractivity contribution in [2.45, 2.75) is 44.1 Å². The van der Waals surface area contributed by atoms with Gasteiger partial charge in [-0.3, -0.25) is 9.78 Å². The normalized spacial score (nSPS) is 26.0. The number of pyridine rings is 1. The van der Waals surface area contributed by atoms with Gasteiger partial charge in [0.25, 0.3) is 5.91 Å². The van der Waals surface area contributed by atoms with Crippen molar-refractivity contribution in [3.8, 4) is 5.75 Å². The number of rotatable bonds is 4. The molecule has 0 radical (unpaired) electrons. The zero-order valence-corrected chi connectivity index (χ0v) is 14.0. The van der Waals surface area contributed by atoms with Crippen molar-refractivity contribution in [2.24, 2.45) is 0 Å². The van der Waals surface area contributed by atoms with Crippen LogP contribution < -0.4 is 10.1 Å². The SMILES string of the molecule is Cc1ccc(C(=O)N[C@@H]2CC[C@@H](Oc3ccccc3)[C@@H](O)[C@@H]2O)cn1. The molecule has 3 N–H and O–H groups in total. The van der Waals surface area contributed by atoms with Gasteiger partial charge in [0.05, 0.1) is 11.6 Å². The number of aromatic nitrogens is 1. The van der Waals surface area contributed by atoms with Crippen molar-refractivity contribution in [3.63, 3.8) is 0 Å². The summed E-state index contributed by atoms with van der Waals surface area (Å²) < 4.78 is 5.76. The summed E-state index contributed by atoms with van der Waals surface area (Å²) in [4.78, 5) is 16.4. The summed E-state index contributed by atoms with van der Waals surface area (Å²) in [5.74, 6) is 0.332. The number of nitrogens with one attached hydrogen (secondary N) is 1. The van der Waals surface area contributed by atoms with E-state index < -0.39 is 24.4 Å². The fourth-order valence-corrected chi connectivity index (χ4v) is 2.96. The Morgan fingerprint density at radius 3 is 2.56 bits per heavy atom. The lowest BCUT2D eigenvalue weighted by molar-refractivity contribution is -0.0874. The third kappa shape index (κ3) is 4.15. The number of ether oxygens (including phenoxy) is 1. The number of nitrogens with zero attached hydrogens (tertiary/aromatic N) is 1.